The van der Waals surface area contributed by atoms with Crippen LogP contribution >= 0.6 is 0 Å². The zero-order chi connectivity index (χ0) is 27.9. The van der Waals surface area contributed by atoms with Gasteiger partial charge in [-0.2, -0.15) is 0 Å². The average molecular weight is 535 g/mol. The van der Waals surface area contributed by atoms with Gasteiger partial charge in [-0.3, -0.25) is 0 Å². The highest BCUT2D eigenvalue weighted by atomic mass is 16.6. The summed E-state index contributed by atoms with van der Waals surface area (Å²) in [7, 11) is 0. The highest BCUT2D eigenvalue weighted by Gasteiger charge is 2.20. The fraction of sp³-hybridized carbons (Fsp3) is 0.176. The van der Waals surface area contributed by atoms with Crippen LogP contribution in [0, 0.1) is 0 Å². The fourth-order valence-electron chi connectivity index (χ4n) is 4.56. The van der Waals surface area contributed by atoms with E-state index >= 15 is 0 Å². The fourth-order valence-corrected chi connectivity index (χ4v) is 4.56. The molecule has 0 aromatic heterocycles. The minimum absolute atomic E-state index is 0.269. The Kier molecular flexibility index (Phi) is 8.26. The van der Waals surface area contributed by atoms with Crippen LogP contribution in [0.1, 0.15) is 25.0 Å². The Morgan fingerprint density at radius 3 is 1.30 bits per heavy atom. The van der Waals surface area contributed by atoms with Gasteiger partial charge in [0.15, 0.2) is 13.2 Å². The molecule has 0 bridgehead atoms. The molecule has 0 radical (unpaired) electrons. The number of hydrogen-bond donors (Lipinski definition) is 0. The molecule has 0 saturated carbocycles. The molecule has 5 aromatic rings. The number of esters is 2. The van der Waals surface area contributed by atoms with Gasteiger partial charge in [0, 0.05) is 21.5 Å². The lowest BCUT2D eigenvalue weighted by Crippen LogP contribution is -2.19. The number of ether oxygens (including phenoxy) is 4. The number of carbonyl (C=O) groups is 2. The van der Waals surface area contributed by atoms with Crippen molar-refractivity contribution in [2.45, 2.75) is 26.7 Å². The molecule has 5 aromatic carbocycles. The monoisotopic (exact) mass is 534 g/mol. The first kappa shape index (κ1) is 26.8. The standard InChI is InChI=1S/C34H30O6/c1-3-23-15-17-27-29(19-23)33(37-21-31(35)39-25-11-7-5-8-12-25)28-18-16-24(4-2)20-30(28)34(27)38-22-32(36)40-26-13-9-6-10-14-26/h5-20H,3-4,21-22H2,1-2H3. The normalized spacial score (nSPS) is 10.8. The van der Waals surface area contributed by atoms with Crippen LogP contribution in [0.2, 0.25) is 0 Å². The van der Waals surface area contributed by atoms with E-state index < -0.39 is 11.9 Å². The number of benzene rings is 5. The first-order chi connectivity index (χ1) is 19.6. The second kappa shape index (κ2) is 12.3. The van der Waals surface area contributed by atoms with Gasteiger partial charge in [-0.05, 0) is 60.4 Å². The second-order valence-electron chi connectivity index (χ2n) is 9.28. The van der Waals surface area contributed by atoms with Crippen LogP contribution in [0.5, 0.6) is 23.0 Å². The van der Waals surface area contributed by atoms with Crippen molar-refractivity contribution in [1.29, 1.82) is 0 Å². The van der Waals surface area contributed by atoms with E-state index in [1.165, 1.54) is 0 Å². The topological polar surface area (TPSA) is 71.1 Å². The van der Waals surface area contributed by atoms with E-state index in [-0.39, 0.29) is 13.2 Å². The van der Waals surface area contributed by atoms with Crippen molar-refractivity contribution in [3.05, 3.63) is 108 Å². The largest absolute Gasteiger partial charge is 0.481 e. The van der Waals surface area contributed by atoms with Crippen LogP contribution in [0.4, 0.5) is 0 Å². The minimum Gasteiger partial charge on any atom is -0.481 e. The maximum atomic E-state index is 12.7. The van der Waals surface area contributed by atoms with Crippen molar-refractivity contribution in [3.63, 3.8) is 0 Å². The molecule has 0 spiro atoms. The summed E-state index contributed by atoms with van der Waals surface area (Å²) in [4.78, 5) is 25.3. The quantitative estimate of drug-likeness (QED) is 0.108. The van der Waals surface area contributed by atoms with E-state index in [1.54, 1.807) is 48.5 Å². The van der Waals surface area contributed by atoms with E-state index in [4.69, 9.17) is 18.9 Å². The van der Waals surface area contributed by atoms with Crippen molar-refractivity contribution in [2.75, 3.05) is 13.2 Å². The lowest BCUT2D eigenvalue weighted by atomic mass is 9.96. The highest BCUT2D eigenvalue weighted by Crippen LogP contribution is 2.43. The van der Waals surface area contributed by atoms with Gasteiger partial charge < -0.3 is 18.9 Å². The van der Waals surface area contributed by atoms with Gasteiger partial charge in [-0.25, -0.2) is 9.59 Å². The molecule has 0 aliphatic heterocycles. The SMILES string of the molecule is CCc1ccc2c(OCC(=O)Oc3ccccc3)c3cc(CC)ccc3c(OCC(=O)Oc3ccccc3)c2c1. The molecule has 0 unspecified atom stereocenters. The number of fused-ring (bicyclic) bond motifs is 2. The Morgan fingerprint density at radius 2 is 0.925 bits per heavy atom. The van der Waals surface area contributed by atoms with Crippen LogP contribution in [0.3, 0.4) is 0 Å². The summed E-state index contributed by atoms with van der Waals surface area (Å²) >= 11 is 0. The van der Waals surface area contributed by atoms with Crippen LogP contribution in [-0.2, 0) is 22.4 Å². The molecule has 0 saturated heterocycles. The molecule has 6 heteroatoms. The van der Waals surface area contributed by atoms with E-state index in [9.17, 15) is 9.59 Å². The zero-order valence-electron chi connectivity index (χ0n) is 22.5. The number of aryl methyl sites for hydroxylation is 2. The van der Waals surface area contributed by atoms with Crippen LogP contribution in [0.15, 0.2) is 97.1 Å². The Morgan fingerprint density at radius 1 is 0.525 bits per heavy atom. The van der Waals surface area contributed by atoms with Gasteiger partial charge in [0.25, 0.3) is 0 Å². The zero-order valence-corrected chi connectivity index (χ0v) is 22.5. The van der Waals surface area contributed by atoms with Gasteiger partial charge in [0.1, 0.15) is 23.0 Å². The van der Waals surface area contributed by atoms with Crippen molar-refractivity contribution in [3.8, 4) is 23.0 Å². The van der Waals surface area contributed by atoms with Crippen LogP contribution in [0.25, 0.3) is 21.5 Å². The van der Waals surface area contributed by atoms with Gasteiger partial charge >= 0.3 is 11.9 Å². The summed E-state index contributed by atoms with van der Waals surface area (Å²) in [6, 6.07) is 29.9. The van der Waals surface area contributed by atoms with Gasteiger partial charge in [0.05, 0.1) is 0 Å². The summed E-state index contributed by atoms with van der Waals surface area (Å²) in [6.07, 6.45) is 1.63. The van der Waals surface area contributed by atoms with Gasteiger partial charge in [-0.15, -0.1) is 0 Å². The minimum atomic E-state index is -0.506. The predicted molar refractivity (Wildman–Crippen MR) is 155 cm³/mol. The first-order valence-electron chi connectivity index (χ1n) is 13.3. The lowest BCUT2D eigenvalue weighted by molar-refractivity contribution is -0.137. The van der Waals surface area contributed by atoms with E-state index in [1.807, 2.05) is 48.5 Å². The number of para-hydroxylation sites is 2. The highest BCUT2D eigenvalue weighted by molar-refractivity contribution is 6.11. The number of hydrogen-bond acceptors (Lipinski definition) is 6. The number of carbonyl (C=O) groups excluding carboxylic acids is 2. The molecule has 0 aliphatic rings. The molecule has 0 fully saturated rings. The molecule has 0 N–H and O–H groups in total. The third kappa shape index (κ3) is 6.07. The lowest BCUT2D eigenvalue weighted by Gasteiger charge is -2.19. The van der Waals surface area contributed by atoms with Crippen molar-refractivity contribution < 1.29 is 28.5 Å². The summed E-state index contributed by atoms with van der Waals surface area (Å²) in [5.74, 6) is 1.02. The van der Waals surface area contributed by atoms with Gasteiger partial charge in [-0.1, -0.05) is 74.5 Å². The second-order valence-corrected chi connectivity index (χ2v) is 9.28. The molecule has 5 rings (SSSR count). The molecule has 40 heavy (non-hydrogen) atoms. The van der Waals surface area contributed by atoms with E-state index in [0.29, 0.717) is 23.0 Å². The van der Waals surface area contributed by atoms with Gasteiger partial charge in [0.2, 0.25) is 0 Å². The Labute approximate surface area is 233 Å². The first-order valence-corrected chi connectivity index (χ1v) is 13.3. The molecule has 0 atom stereocenters. The van der Waals surface area contributed by atoms with Crippen LogP contribution < -0.4 is 18.9 Å². The molecular formula is C34H30O6. The van der Waals surface area contributed by atoms with E-state index in [0.717, 1.165) is 45.5 Å². The average Bonchev–Trinajstić information content (AvgIpc) is 2.99. The van der Waals surface area contributed by atoms with Crippen molar-refractivity contribution >= 4 is 33.5 Å². The third-order valence-corrected chi connectivity index (χ3v) is 6.58. The van der Waals surface area contributed by atoms with Crippen LogP contribution in [-0.4, -0.2) is 25.2 Å². The smallest absolute Gasteiger partial charge is 0.349 e. The predicted octanol–water partition coefficient (Wildman–Crippen LogP) is 7.09. The summed E-state index contributed by atoms with van der Waals surface area (Å²) in [5, 5.41) is 3.12. The molecular weight excluding hydrogens is 504 g/mol. The molecule has 0 amide bonds. The Balaban J connectivity index is 1.52. The van der Waals surface area contributed by atoms with E-state index in [2.05, 4.69) is 13.8 Å². The third-order valence-electron chi connectivity index (χ3n) is 6.58. The Hall–Kier alpha value is -4.84. The summed E-state index contributed by atoms with van der Waals surface area (Å²) in [5.41, 5.74) is 2.20. The van der Waals surface area contributed by atoms with Crippen molar-refractivity contribution in [2.24, 2.45) is 0 Å². The van der Waals surface area contributed by atoms with Crippen molar-refractivity contribution in [1.82, 2.24) is 0 Å². The summed E-state index contributed by atoms with van der Waals surface area (Å²) in [6.45, 7) is 3.61. The molecule has 202 valence electrons. The molecule has 6 nitrogen and oxygen atoms in total. The number of rotatable bonds is 10. The Bertz CT molecular complexity index is 1520. The maximum Gasteiger partial charge on any atom is 0.349 e. The maximum absolute atomic E-state index is 12.7. The summed E-state index contributed by atoms with van der Waals surface area (Å²) < 4.78 is 23.2. The molecule has 0 heterocycles. The molecule has 0 aliphatic carbocycles.